The van der Waals surface area contributed by atoms with Crippen LogP contribution in [0, 0.1) is 6.92 Å². The van der Waals surface area contributed by atoms with E-state index in [1.54, 1.807) is 37.4 Å². The van der Waals surface area contributed by atoms with Crippen LogP contribution in [-0.2, 0) is 9.59 Å². The summed E-state index contributed by atoms with van der Waals surface area (Å²) >= 11 is 9.28. The van der Waals surface area contributed by atoms with Crippen molar-refractivity contribution in [2.45, 2.75) is 19.8 Å². The Balaban J connectivity index is 1.86. The molecule has 0 saturated heterocycles. The van der Waals surface area contributed by atoms with Crippen LogP contribution < -0.4 is 20.2 Å². The monoisotopic (exact) mass is 481 g/mol. The standard InChI is InChI=1S/C20H21BrClN3O4/c1-12-8-14(22)4-5-16(12)24-19(26)6-7-20(27)25-23-11-13-9-15(21)18(29-3)10-17(13)28-2/h4-5,8-11H,6-7H2,1-3H3,(H,24,26)(H,25,27)/b23-11-. The van der Waals surface area contributed by atoms with Crippen molar-refractivity contribution >= 4 is 51.2 Å². The van der Waals surface area contributed by atoms with E-state index in [0.29, 0.717) is 27.8 Å². The van der Waals surface area contributed by atoms with Crippen LogP contribution in [0.1, 0.15) is 24.0 Å². The number of nitrogens with zero attached hydrogens (tertiary/aromatic N) is 1. The molecule has 0 radical (unpaired) electrons. The number of rotatable bonds is 8. The number of hydrogen-bond donors (Lipinski definition) is 2. The summed E-state index contributed by atoms with van der Waals surface area (Å²) in [5, 5.41) is 7.27. The van der Waals surface area contributed by atoms with Gasteiger partial charge in [0.2, 0.25) is 11.8 Å². The third-order valence-corrected chi connectivity index (χ3v) is 4.79. The number of anilines is 1. The molecule has 9 heteroatoms. The van der Waals surface area contributed by atoms with Gasteiger partial charge in [0.05, 0.1) is 24.9 Å². The SMILES string of the molecule is COc1cc(OC)c(/C=N\NC(=O)CCC(=O)Nc2ccc(Cl)cc2C)cc1Br. The minimum absolute atomic E-state index is 0.000741. The van der Waals surface area contributed by atoms with Crippen LogP contribution in [0.5, 0.6) is 11.5 Å². The molecule has 0 aliphatic rings. The van der Waals surface area contributed by atoms with Crippen LogP contribution >= 0.6 is 27.5 Å². The molecule has 0 aliphatic carbocycles. The number of ether oxygens (including phenoxy) is 2. The number of aryl methyl sites for hydroxylation is 1. The minimum Gasteiger partial charge on any atom is -0.496 e. The number of carbonyl (C=O) groups is 2. The van der Waals surface area contributed by atoms with Crippen LogP contribution in [0.25, 0.3) is 0 Å². The second kappa shape index (κ2) is 10.8. The number of halogens is 2. The lowest BCUT2D eigenvalue weighted by Gasteiger charge is -2.09. The summed E-state index contributed by atoms with van der Waals surface area (Å²) in [5.41, 5.74) is 4.56. The first-order valence-corrected chi connectivity index (χ1v) is 9.80. The van der Waals surface area contributed by atoms with Gasteiger partial charge in [-0.15, -0.1) is 0 Å². The average molecular weight is 483 g/mol. The molecule has 2 rings (SSSR count). The van der Waals surface area contributed by atoms with Gasteiger partial charge in [0.25, 0.3) is 0 Å². The van der Waals surface area contributed by atoms with Gasteiger partial charge in [-0.25, -0.2) is 5.43 Å². The molecule has 0 spiro atoms. The highest BCUT2D eigenvalue weighted by molar-refractivity contribution is 9.10. The Morgan fingerprint density at radius 2 is 1.79 bits per heavy atom. The van der Waals surface area contributed by atoms with Crippen molar-refractivity contribution < 1.29 is 19.1 Å². The Kier molecular flexibility index (Phi) is 8.48. The van der Waals surface area contributed by atoms with Crippen molar-refractivity contribution in [2.24, 2.45) is 5.10 Å². The molecule has 2 N–H and O–H groups in total. The van der Waals surface area contributed by atoms with Crippen LogP contribution in [0.2, 0.25) is 5.02 Å². The normalized spacial score (nSPS) is 10.7. The summed E-state index contributed by atoms with van der Waals surface area (Å²) in [4.78, 5) is 24.0. The predicted octanol–water partition coefficient (Wildman–Crippen LogP) is 4.30. The second-order valence-corrected chi connectivity index (χ2v) is 7.32. The van der Waals surface area contributed by atoms with Gasteiger partial charge < -0.3 is 14.8 Å². The molecule has 0 heterocycles. The number of hydrazone groups is 1. The summed E-state index contributed by atoms with van der Waals surface area (Å²) in [6.45, 7) is 1.84. The van der Waals surface area contributed by atoms with E-state index in [0.717, 1.165) is 10.0 Å². The first-order valence-electron chi connectivity index (χ1n) is 8.63. The molecule has 2 amide bonds. The van der Waals surface area contributed by atoms with E-state index in [2.05, 4.69) is 31.8 Å². The number of carbonyl (C=O) groups excluding carboxylic acids is 2. The molecular weight excluding hydrogens is 462 g/mol. The Hall–Kier alpha value is -2.58. The Labute approximate surface area is 182 Å². The summed E-state index contributed by atoms with van der Waals surface area (Å²) in [7, 11) is 3.08. The van der Waals surface area contributed by atoms with Crippen LogP contribution in [-0.4, -0.2) is 32.2 Å². The number of hydrogen-bond acceptors (Lipinski definition) is 5. The predicted molar refractivity (Wildman–Crippen MR) is 117 cm³/mol. The second-order valence-electron chi connectivity index (χ2n) is 6.03. The molecule has 0 bridgehead atoms. The Morgan fingerprint density at radius 3 is 2.45 bits per heavy atom. The van der Waals surface area contributed by atoms with Gasteiger partial charge in [-0.3, -0.25) is 9.59 Å². The summed E-state index contributed by atoms with van der Waals surface area (Å²) in [6.07, 6.45) is 1.48. The fourth-order valence-corrected chi connectivity index (χ4v) is 3.17. The molecule has 2 aromatic rings. The lowest BCUT2D eigenvalue weighted by Crippen LogP contribution is -2.21. The molecule has 0 atom stereocenters. The largest absolute Gasteiger partial charge is 0.496 e. The van der Waals surface area contributed by atoms with Crippen molar-refractivity contribution in [3.05, 3.63) is 51.0 Å². The highest BCUT2D eigenvalue weighted by Crippen LogP contribution is 2.31. The minimum atomic E-state index is -0.379. The van der Waals surface area contributed by atoms with Crippen molar-refractivity contribution in [3.8, 4) is 11.5 Å². The summed E-state index contributed by atoms with van der Waals surface area (Å²) < 4.78 is 11.2. The van der Waals surface area contributed by atoms with E-state index in [9.17, 15) is 9.59 Å². The van der Waals surface area contributed by atoms with E-state index in [1.807, 2.05) is 6.92 Å². The van der Waals surface area contributed by atoms with Crippen LogP contribution in [0.4, 0.5) is 5.69 Å². The molecule has 2 aromatic carbocycles. The van der Waals surface area contributed by atoms with Crippen LogP contribution in [0.3, 0.4) is 0 Å². The van der Waals surface area contributed by atoms with Crippen molar-refractivity contribution in [2.75, 3.05) is 19.5 Å². The topological polar surface area (TPSA) is 89.0 Å². The zero-order chi connectivity index (χ0) is 21.4. The van der Waals surface area contributed by atoms with E-state index < -0.39 is 0 Å². The fourth-order valence-electron chi connectivity index (χ4n) is 2.42. The maximum absolute atomic E-state index is 12.0. The Bertz CT molecular complexity index is 934. The van der Waals surface area contributed by atoms with Gasteiger partial charge in [-0.05, 0) is 52.7 Å². The fraction of sp³-hybridized carbons (Fsp3) is 0.250. The molecule has 0 aliphatic heterocycles. The van der Waals surface area contributed by atoms with Crippen molar-refractivity contribution in [3.63, 3.8) is 0 Å². The highest BCUT2D eigenvalue weighted by atomic mass is 79.9. The molecular formula is C20H21BrClN3O4. The maximum Gasteiger partial charge on any atom is 0.240 e. The van der Waals surface area contributed by atoms with Gasteiger partial charge in [-0.1, -0.05) is 11.6 Å². The summed E-state index contributed by atoms with van der Waals surface area (Å²) in [5.74, 6) is 0.511. The molecule has 0 aromatic heterocycles. The number of nitrogens with one attached hydrogen (secondary N) is 2. The lowest BCUT2D eigenvalue weighted by molar-refractivity contribution is -0.124. The molecule has 154 valence electrons. The number of methoxy groups -OCH3 is 2. The molecule has 29 heavy (non-hydrogen) atoms. The lowest BCUT2D eigenvalue weighted by atomic mass is 10.2. The average Bonchev–Trinajstić information content (AvgIpc) is 2.68. The molecule has 0 saturated carbocycles. The first-order chi connectivity index (χ1) is 13.8. The maximum atomic E-state index is 12.0. The third kappa shape index (κ3) is 6.76. The molecule has 0 fully saturated rings. The van der Waals surface area contributed by atoms with E-state index in [4.69, 9.17) is 21.1 Å². The van der Waals surface area contributed by atoms with Gasteiger partial charge in [0.15, 0.2) is 0 Å². The quantitative estimate of drug-likeness (QED) is 0.434. The molecule has 0 unspecified atom stereocenters. The highest BCUT2D eigenvalue weighted by Gasteiger charge is 2.10. The number of amides is 2. The van der Waals surface area contributed by atoms with Gasteiger partial charge in [0.1, 0.15) is 11.5 Å². The van der Waals surface area contributed by atoms with E-state index in [1.165, 1.54) is 13.3 Å². The van der Waals surface area contributed by atoms with Crippen molar-refractivity contribution in [1.82, 2.24) is 5.43 Å². The zero-order valence-corrected chi connectivity index (χ0v) is 18.6. The Morgan fingerprint density at radius 1 is 1.10 bits per heavy atom. The third-order valence-electron chi connectivity index (χ3n) is 3.94. The first kappa shape index (κ1) is 22.7. The van der Waals surface area contributed by atoms with Gasteiger partial charge in [0, 0.05) is 35.2 Å². The number of benzene rings is 2. The van der Waals surface area contributed by atoms with Gasteiger partial charge in [-0.2, -0.15) is 5.10 Å². The van der Waals surface area contributed by atoms with E-state index >= 15 is 0 Å². The van der Waals surface area contributed by atoms with Crippen LogP contribution in [0.15, 0.2) is 39.9 Å². The van der Waals surface area contributed by atoms with Crippen molar-refractivity contribution in [1.29, 1.82) is 0 Å². The smallest absolute Gasteiger partial charge is 0.240 e. The van der Waals surface area contributed by atoms with Gasteiger partial charge >= 0.3 is 0 Å². The van der Waals surface area contributed by atoms with E-state index in [-0.39, 0.29) is 24.7 Å². The molecule has 7 nitrogen and oxygen atoms in total. The zero-order valence-electron chi connectivity index (χ0n) is 16.2. The summed E-state index contributed by atoms with van der Waals surface area (Å²) in [6, 6.07) is 8.63.